The van der Waals surface area contributed by atoms with E-state index in [2.05, 4.69) is 51.1 Å². The summed E-state index contributed by atoms with van der Waals surface area (Å²) in [6.07, 6.45) is 3.27. The molecular weight excluding hydrogens is 312 g/mol. The Bertz CT molecular complexity index is 522. The molecule has 4 heteroatoms. The third-order valence-electron chi connectivity index (χ3n) is 2.78. The average Bonchev–Trinajstić information content (AvgIpc) is 2.76. The Morgan fingerprint density at radius 1 is 1.33 bits per heavy atom. The topological polar surface area (TPSA) is 17.0 Å². The van der Waals surface area contributed by atoms with E-state index in [0.717, 1.165) is 34.7 Å². The van der Waals surface area contributed by atoms with Crippen LogP contribution >= 0.6 is 27.5 Å². The Kier molecular flexibility index (Phi) is 4.72. The maximum Gasteiger partial charge on any atom is 0.0553 e. The number of halogens is 2. The van der Waals surface area contributed by atoms with Gasteiger partial charge in [0.15, 0.2) is 0 Å². The van der Waals surface area contributed by atoms with Gasteiger partial charge in [-0.15, -0.1) is 0 Å². The number of aromatic nitrogens is 1. The molecule has 96 valence electrons. The van der Waals surface area contributed by atoms with E-state index in [1.54, 1.807) is 0 Å². The molecule has 1 aromatic heterocycles. The maximum atomic E-state index is 5.92. The molecule has 0 spiro atoms. The summed E-state index contributed by atoms with van der Waals surface area (Å²) in [5.74, 6) is 0. The molecule has 0 aliphatic carbocycles. The zero-order chi connectivity index (χ0) is 13.0. The summed E-state index contributed by atoms with van der Waals surface area (Å²) in [7, 11) is 0. The fourth-order valence-corrected chi connectivity index (χ4v) is 2.71. The van der Waals surface area contributed by atoms with E-state index in [9.17, 15) is 0 Å². The van der Waals surface area contributed by atoms with Crippen LogP contribution in [0.3, 0.4) is 0 Å². The number of nitrogens with zero attached hydrogens (tertiary/aromatic N) is 1. The minimum absolute atomic E-state index is 0.738. The highest BCUT2D eigenvalue weighted by molar-refractivity contribution is 9.10. The van der Waals surface area contributed by atoms with Gasteiger partial charge in [0.2, 0.25) is 0 Å². The molecule has 1 heterocycles. The van der Waals surface area contributed by atoms with Gasteiger partial charge in [0.25, 0.3) is 0 Å². The van der Waals surface area contributed by atoms with E-state index in [0.29, 0.717) is 0 Å². The quantitative estimate of drug-likeness (QED) is 0.824. The van der Waals surface area contributed by atoms with Crippen molar-refractivity contribution in [2.75, 3.05) is 5.32 Å². The lowest BCUT2D eigenvalue weighted by atomic mass is 10.3. The number of nitrogens with one attached hydrogen (secondary N) is 1. The minimum atomic E-state index is 0.738. The average molecular weight is 328 g/mol. The lowest BCUT2D eigenvalue weighted by molar-refractivity contribution is 0.654. The smallest absolute Gasteiger partial charge is 0.0553 e. The van der Waals surface area contributed by atoms with Gasteiger partial charge in [-0.2, -0.15) is 0 Å². The Morgan fingerprint density at radius 2 is 2.17 bits per heavy atom. The summed E-state index contributed by atoms with van der Waals surface area (Å²) in [5.41, 5.74) is 2.35. The van der Waals surface area contributed by atoms with Crippen LogP contribution in [0.15, 0.2) is 41.0 Å². The normalized spacial score (nSPS) is 10.6. The van der Waals surface area contributed by atoms with E-state index >= 15 is 0 Å². The van der Waals surface area contributed by atoms with Crippen molar-refractivity contribution in [1.29, 1.82) is 0 Å². The van der Waals surface area contributed by atoms with E-state index in [1.807, 2.05) is 18.2 Å². The second-order valence-corrected chi connectivity index (χ2v) is 5.46. The third kappa shape index (κ3) is 3.30. The maximum absolute atomic E-state index is 5.92. The molecule has 0 atom stereocenters. The second-order valence-electron chi connectivity index (χ2n) is 4.17. The van der Waals surface area contributed by atoms with Crippen molar-refractivity contribution < 1.29 is 0 Å². The van der Waals surface area contributed by atoms with Crippen molar-refractivity contribution in [3.8, 4) is 0 Å². The summed E-state index contributed by atoms with van der Waals surface area (Å²) in [6.45, 7) is 4.06. The van der Waals surface area contributed by atoms with Crippen molar-refractivity contribution in [3.63, 3.8) is 0 Å². The Labute approximate surface area is 121 Å². The van der Waals surface area contributed by atoms with Crippen molar-refractivity contribution in [3.05, 3.63) is 51.7 Å². The van der Waals surface area contributed by atoms with E-state index < -0.39 is 0 Å². The van der Waals surface area contributed by atoms with Gasteiger partial charge in [0.1, 0.15) is 0 Å². The molecule has 2 nitrogen and oxygen atoms in total. The number of hydrogen-bond acceptors (Lipinski definition) is 1. The van der Waals surface area contributed by atoms with Crippen LogP contribution in [-0.4, -0.2) is 4.57 Å². The largest absolute Gasteiger partial charge is 0.379 e. The molecule has 0 amide bonds. The summed E-state index contributed by atoms with van der Waals surface area (Å²) >= 11 is 9.43. The van der Waals surface area contributed by atoms with Crippen molar-refractivity contribution in [2.24, 2.45) is 0 Å². The zero-order valence-corrected chi connectivity index (χ0v) is 12.6. The van der Waals surface area contributed by atoms with Gasteiger partial charge in [-0.3, -0.25) is 0 Å². The van der Waals surface area contributed by atoms with Crippen LogP contribution in [0.4, 0.5) is 5.69 Å². The monoisotopic (exact) mass is 326 g/mol. The zero-order valence-electron chi connectivity index (χ0n) is 10.3. The number of benzene rings is 1. The SMILES string of the molecule is CCCn1cccc1CNc1ccc(Cl)cc1Br. The fraction of sp³-hybridized carbons (Fsp3) is 0.286. The lowest BCUT2D eigenvalue weighted by Gasteiger charge is -2.11. The summed E-state index contributed by atoms with van der Waals surface area (Å²) < 4.78 is 3.26. The first-order valence-corrected chi connectivity index (χ1v) is 7.20. The molecule has 0 radical (unpaired) electrons. The molecule has 1 aromatic carbocycles. The van der Waals surface area contributed by atoms with Crippen LogP contribution in [0, 0.1) is 0 Å². The predicted molar refractivity (Wildman–Crippen MR) is 81.2 cm³/mol. The van der Waals surface area contributed by atoms with Crippen molar-refractivity contribution >= 4 is 33.2 Å². The van der Waals surface area contributed by atoms with Gasteiger partial charge in [0, 0.05) is 33.6 Å². The number of rotatable bonds is 5. The summed E-state index contributed by atoms with van der Waals surface area (Å²) in [6, 6.07) is 10.0. The first-order chi connectivity index (χ1) is 8.70. The van der Waals surface area contributed by atoms with Gasteiger partial charge in [-0.05, 0) is 52.7 Å². The van der Waals surface area contributed by atoms with Gasteiger partial charge < -0.3 is 9.88 Å². The molecule has 0 aliphatic rings. The van der Waals surface area contributed by atoms with Crippen LogP contribution in [0.1, 0.15) is 19.0 Å². The second kappa shape index (κ2) is 6.30. The molecule has 1 N–H and O–H groups in total. The molecule has 0 unspecified atom stereocenters. The first kappa shape index (κ1) is 13.5. The number of aryl methyl sites for hydroxylation is 1. The van der Waals surface area contributed by atoms with Crippen LogP contribution in [-0.2, 0) is 13.1 Å². The van der Waals surface area contributed by atoms with Gasteiger partial charge >= 0.3 is 0 Å². The van der Waals surface area contributed by atoms with Crippen LogP contribution < -0.4 is 5.32 Å². The minimum Gasteiger partial charge on any atom is -0.379 e. The highest BCUT2D eigenvalue weighted by atomic mass is 79.9. The fourth-order valence-electron chi connectivity index (χ4n) is 1.89. The molecule has 0 saturated carbocycles. The van der Waals surface area contributed by atoms with Crippen LogP contribution in [0.5, 0.6) is 0 Å². The van der Waals surface area contributed by atoms with E-state index in [1.165, 1.54) is 5.69 Å². The molecular formula is C14H16BrClN2. The molecule has 0 bridgehead atoms. The predicted octanol–water partition coefficient (Wildman–Crippen LogP) is 4.93. The summed E-state index contributed by atoms with van der Waals surface area (Å²) in [5, 5.41) is 4.15. The highest BCUT2D eigenvalue weighted by Gasteiger charge is 2.03. The summed E-state index contributed by atoms with van der Waals surface area (Å²) in [4.78, 5) is 0. The molecule has 0 fully saturated rings. The molecule has 18 heavy (non-hydrogen) atoms. The van der Waals surface area contributed by atoms with Gasteiger partial charge in [-0.1, -0.05) is 18.5 Å². The van der Waals surface area contributed by atoms with E-state index in [-0.39, 0.29) is 0 Å². The molecule has 0 aliphatic heterocycles. The van der Waals surface area contributed by atoms with Crippen molar-refractivity contribution in [1.82, 2.24) is 4.57 Å². The third-order valence-corrected chi connectivity index (χ3v) is 3.67. The Hall–Kier alpha value is -0.930. The molecule has 0 saturated heterocycles. The highest BCUT2D eigenvalue weighted by Crippen LogP contribution is 2.26. The van der Waals surface area contributed by atoms with Crippen molar-refractivity contribution in [2.45, 2.75) is 26.4 Å². The van der Waals surface area contributed by atoms with Crippen LogP contribution in [0.25, 0.3) is 0 Å². The Morgan fingerprint density at radius 3 is 2.89 bits per heavy atom. The first-order valence-electron chi connectivity index (χ1n) is 6.03. The van der Waals surface area contributed by atoms with Gasteiger partial charge in [0.05, 0.1) is 6.54 Å². The molecule has 2 aromatic rings. The lowest BCUT2D eigenvalue weighted by Crippen LogP contribution is -2.07. The molecule has 2 rings (SSSR count). The van der Waals surface area contributed by atoms with E-state index in [4.69, 9.17) is 11.6 Å². The van der Waals surface area contributed by atoms with Crippen LogP contribution in [0.2, 0.25) is 5.02 Å². The standard InChI is InChI=1S/C14H16BrClN2/c1-2-7-18-8-3-4-12(18)10-17-14-6-5-11(16)9-13(14)15/h3-6,8-9,17H,2,7,10H2,1H3. The number of anilines is 1. The Balaban J connectivity index is 2.04. The number of hydrogen-bond donors (Lipinski definition) is 1. The van der Waals surface area contributed by atoms with Gasteiger partial charge in [-0.25, -0.2) is 0 Å².